The SMILES string of the molecule is CC(CN)C1(c2ccc3c(c2)CCC3)COC1. The fourth-order valence-electron chi connectivity index (χ4n) is 3.16. The van der Waals surface area contributed by atoms with Crippen molar-refractivity contribution in [2.24, 2.45) is 11.7 Å². The van der Waals surface area contributed by atoms with Gasteiger partial charge in [0.2, 0.25) is 0 Å². The minimum absolute atomic E-state index is 0.187. The van der Waals surface area contributed by atoms with Gasteiger partial charge in [0, 0.05) is 5.41 Å². The van der Waals surface area contributed by atoms with Crippen molar-refractivity contribution in [2.75, 3.05) is 19.8 Å². The van der Waals surface area contributed by atoms with Crippen LogP contribution in [-0.4, -0.2) is 19.8 Å². The highest BCUT2D eigenvalue weighted by Crippen LogP contribution is 2.40. The zero-order valence-electron chi connectivity index (χ0n) is 10.5. The number of fused-ring (bicyclic) bond motifs is 1. The predicted molar refractivity (Wildman–Crippen MR) is 69.2 cm³/mol. The third-order valence-corrected chi connectivity index (χ3v) is 4.69. The van der Waals surface area contributed by atoms with E-state index in [4.69, 9.17) is 10.5 Å². The lowest BCUT2D eigenvalue weighted by atomic mass is 9.69. The first-order valence-electron chi connectivity index (χ1n) is 6.66. The van der Waals surface area contributed by atoms with Crippen molar-refractivity contribution in [1.29, 1.82) is 0 Å². The monoisotopic (exact) mass is 231 g/mol. The van der Waals surface area contributed by atoms with Crippen molar-refractivity contribution in [3.63, 3.8) is 0 Å². The van der Waals surface area contributed by atoms with Gasteiger partial charge in [0.15, 0.2) is 0 Å². The van der Waals surface area contributed by atoms with Crippen LogP contribution >= 0.6 is 0 Å². The average molecular weight is 231 g/mol. The number of hydrogen-bond acceptors (Lipinski definition) is 2. The summed E-state index contributed by atoms with van der Waals surface area (Å²) in [4.78, 5) is 0. The predicted octanol–water partition coefficient (Wildman–Crippen LogP) is 2.04. The van der Waals surface area contributed by atoms with E-state index in [0.29, 0.717) is 5.92 Å². The molecule has 3 rings (SSSR count). The number of hydrogen-bond donors (Lipinski definition) is 1. The maximum atomic E-state index is 5.86. The Bertz CT molecular complexity index is 423. The topological polar surface area (TPSA) is 35.2 Å². The van der Waals surface area contributed by atoms with Gasteiger partial charge in [-0.25, -0.2) is 0 Å². The van der Waals surface area contributed by atoms with Crippen molar-refractivity contribution in [1.82, 2.24) is 0 Å². The second-order valence-electron chi connectivity index (χ2n) is 5.62. The summed E-state index contributed by atoms with van der Waals surface area (Å²) in [5.74, 6) is 0.496. The van der Waals surface area contributed by atoms with Crippen LogP contribution in [0.2, 0.25) is 0 Å². The van der Waals surface area contributed by atoms with Crippen molar-refractivity contribution in [2.45, 2.75) is 31.6 Å². The van der Waals surface area contributed by atoms with Crippen molar-refractivity contribution in [3.8, 4) is 0 Å². The van der Waals surface area contributed by atoms with E-state index in [1.54, 1.807) is 11.1 Å². The molecule has 1 heterocycles. The molecule has 1 aromatic carbocycles. The van der Waals surface area contributed by atoms with E-state index in [2.05, 4.69) is 25.1 Å². The second-order valence-corrected chi connectivity index (χ2v) is 5.62. The van der Waals surface area contributed by atoms with Gasteiger partial charge in [0.05, 0.1) is 13.2 Å². The molecular formula is C15H21NO. The highest BCUT2D eigenvalue weighted by Gasteiger charge is 2.44. The fourth-order valence-corrected chi connectivity index (χ4v) is 3.16. The van der Waals surface area contributed by atoms with Gasteiger partial charge >= 0.3 is 0 Å². The van der Waals surface area contributed by atoms with Gasteiger partial charge in [-0.3, -0.25) is 0 Å². The zero-order chi connectivity index (χ0) is 11.9. The summed E-state index contributed by atoms with van der Waals surface area (Å²) in [6, 6.07) is 7.04. The summed E-state index contributed by atoms with van der Waals surface area (Å²) in [5, 5.41) is 0. The Balaban J connectivity index is 1.97. The van der Waals surface area contributed by atoms with E-state index in [1.165, 1.54) is 24.8 Å². The summed E-state index contributed by atoms with van der Waals surface area (Å²) in [7, 11) is 0. The molecule has 0 saturated carbocycles. The van der Waals surface area contributed by atoms with E-state index >= 15 is 0 Å². The quantitative estimate of drug-likeness (QED) is 0.864. The molecule has 0 amide bonds. The molecule has 1 unspecified atom stereocenters. The van der Waals surface area contributed by atoms with Crippen molar-refractivity contribution >= 4 is 0 Å². The summed E-state index contributed by atoms with van der Waals surface area (Å²) in [5.41, 5.74) is 10.6. The number of aryl methyl sites for hydroxylation is 2. The number of benzene rings is 1. The summed E-state index contributed by atoms with van der Waals surface area (Å²) in [6.45, 7) is 4.66. The molecule has 1 atom stereocenters. The van der Waals surface area contributed by atoms with Crippen LogP contribution in [-0.2, 0) is 23.0 Å². The number of rotatable bonds is 3. The molecule has 1 aromatic rings. The molecule has 92 valence electrons. The maximum Gasteiger partial charge on any atom is 0.0588 e. The van der Waals surface area contributed by atoms with Crippen LogP contribution < -0.4 is 5.73 Å². The summed E-state index contributed by atoms with van der Waals surface area (Å²) in [6.07, 6.45) is 3.82. The molecule has 1 aliphatic carbocycles. The minimum Gasteiger partial charge on any atom is -0.379 e. The van der Waals surface area contributed by atoms with Crippen molar-refractivity contribution in [3.05, 3.63) is 34.9 Å². The summed E-state index contributed by atoms with van der Waals surface area (Å²) >= 11 is 0. The standard InChI is InChI=1S/C15H21NO/c1-11(8-16)15(9-17-10-15)14-6-5-12-3-2-4-13(12)7-14/h5-7,11H,2-4,8-10,16H2,1H3. The molecule has 0 spiro atoms. The Hall–Kier alpha value is -0.860. The number of nitrogens with two attached hydrogens (primary N) is 1. The average Bonchev–Trinajstić information content (AvgIpc) is 2.74. The van der Waals surface area contributed by atoms with Crippen molar-refractivity contribution < 1.29 is 4.74 Å². The van der Waals surface area contributed by atoms with Gasteiger partial charge in [-0.2, -0.15) is 0 Å². The molecule has 2 N–H and O–H groups in total. The lowest BCUT2D eigenvalue weighted by molar-refractivity contribution is -0.0854. The highest BCUT2D eigenvalue weighted by molar-refractivity contribution is 5.40. The first-order valence-corrected chi connectivity index (χ1v) is 6.66. The molecule has 0 bridgehead atoms. The molecule has 0 radical (unpaired) electrons. The second kappa shape index (κ2) is 4.11. The zero-order valence-corrected chi connectivity index (χ0v) is 10.5. The van der Waals surface area contributed by atoms with Crippen LogP contribution in [0.15, 0.2) is 18.2 Å². The van der Waals surface area contributed by atoms with E-state index in [1.807, 2.05) is 0 Å². The van der Waals surface area contributed by atoms with Gasteiger partial charge in [-0.05, 0) is 48.4 Å². The third-order valence-electron chi connectivity index (χ3n) is 4.69. The Kier molecular flexibility index (Phi) is 2.72. The Morgan fingerprint density at radius 1 is 1.29 bits per heavy atom. The molecule has 1 aliphatic heterocycles. The highest BCUT2D eigenvalue weighted by atomic mass is 16.5. The van der Waals surface area contributed by atoms with E-state index in [0.717, 1.165) is 19.8 Å². The number of ether oxygens (including phenoxy) is 1. The van der Waals surface area contributed by atoms with E-state index in [9.17, 15) is 0 Å². The Morgan fingerprint density at radius 2 is 2.06 bits per heavy atom. The molecule has 1 fully saturated rings. The largest absolute Gasteiger partial charge is 0.379 e. The van der Waals surface area contributed by atoms with Crippen LogP contribution in [0.1, 0.15) is 30.0 Å². The molecule has 1 saturated heterocycles. The molecule has 2 nitrogen and oxygen atoms in total. The molecule has 17 heavy (non-hydrogen) atoms. The van der Waals surface area contributed by atoms with Gasteiger partial charge in [0.1, 0.15) is 0 Å². The third kappa shape index (κ3) is 1.62. The maximum absolute atomic E-state index is 5.86. The van der Waals surface area contributed by atoms with Gasteiger partial charge < -0.3 is 10.5 Å². The Morgan fingerprint density at radius 3 is 2.71 bits per heavy atom. The van der Waals surface area contributed by atoms with E-state index < -0.39 is 0 Å². The van der Waals surface area contributed by atoms with E-state index in [-0.39, 0.29) is 5.41 Å². The van der Waals surface area contributed by atoms with Crippen LogP contribution in [0, 0.1) is 5.92 Å². The van der Waals surface area contributed by atoms with Crippen LogP contribution in [0.5, 0.6) is 0 Å². The molecule has 0 aromatic heterocycles. The minimum atomic E-state index is 0.187. The van der Waals surface area contributed by atoms with Gasteiger partial charge in [0.25, 0.3) is 0 Å². The Labute approximate surface area is 103 Å². The van der Waals surface area contributed by atoms with Crippen LogP contribution in [0.4, 0.5) is 0 Å². The van der Waals surface area contributed by atoms with Gasteiger partial charge in [-0.1, -0.05) is 25.1 Å². The van der Waals surface area contributed by atoms with Crippen LogP contribution in [0.25, 0.3) is 0 Å². The van der Waals surface area contributed by atoms with Gasteiger partial charge in [-0.15, -0.1) is 0 Å². The lowest BCUT2D eigenvalue weighted by Gasteiger charge is -2.46. The molecule has 2 aliphatic rings. The lowest BCUT2D eigenvalue weighted by Crippen LogP contribution is -2.53. The summed E-state index contributed by atoms with van der Waals surface area (Å²) < 4.78 is 5.48. The molecular weight excluding hydrogens is 210 g/mol. The first-order chi connectivity index (χ1) is 8.26. The first kappa shape index (κ1) is 11.2. The van der Waals surface area contributed by atoms with Crippen LogP contribution in [0.3, 0.4) is 0 Å². The normalized spacial score (nSPS) is 22.9. The molecule has 2 heteroatoms. The smallest absolute Gasteiger partial charge is 0.0588 e. The fraction of sp³-hybridized carbons (Fsp3) is 0.600.